The van der Waals surface area contributed by atoms with Gasteiger partial charge in [0.15, 0.2) is 5.96 Å². The first-order valence-corrected chi connectivity index (χ1v) is 11.1. The minimum Gasteiger partial charge on any atom is -0.356 e. The fourth-order valence-corrected chi connectivity index (χ4v) is 3.88. The number of aromatic nitrogens is 2. The van der Waals surface area contributed by atoms with Crippen LogP contribution in [0.25, 0.3) is 5.69 Å². The highest BCUT2D eigenvalue weighted by Crippen LogP contribution is 2.09. The van der Waals surface area contributed by atoms with Crippen LogP contribution < -0.4 is 15.4 Å². The summed E-state index contributed by atoms with van der Waals surface area (Å²) in [7, 11) is -1.81. The molecule has 2 aromatic carbocycles. The fourth-order valence-electron chi connectivity index (χ4n) is 2.83. The van der Waals surface area contributed by atoms with Gasteiger partial charge in [0, 0.05) is 39.1 Å². The molecule has 0 atom stereocenters. The van der Waals surface area contributed by atoms with Gasteiger partial charge in [-0.15, -0.1) is 0 Å². The molecule has 0 unspecified atom stereocenters. The monoisotopic (exact) mass is 426 g/mol. The van der Waals surface area contributed by atoms with Crippen LogP contribution in [0.4, 0.5) is 0 Å². The highest BCUT2D eigenvalue weighted by atomic mass is 32.2. The van der Waals surface area contributed by atoms with E-state index in [1.54, 1.807) is 43.6 Å². The minimum atomic E-state index is -3.49. The molecule has 0 spiro atoms. The topological polar surface area (TPSA) is 100 Å². The van der Waals surface area contributed by atoms with E-state index in [0.717, 1.165) is 12.1 Å². The Bertz CT molecular complexity index is 1030. The molecule has 0 saturated carbocycles. The summed E-state index contributed by atoms with van der Waals surface area (Å²) in [6, 6.07) is 18.4. The van der Waals surface area contributed by atoms with Gasteiger partial charge in [0.2, 0.25) is 10.0 Å². The number of nitrogens with zero attached hydrogens (tertiary/aromatic N) is 3. The number of benzene rings is 2. The van der Waals surface area contributed by atoms with Crippen LogP contribution in [0, 0.1) is 0 Å². The third-order valence-corrected chi connectivity index (χ3v) is 5.87. The van der Waals surface area contributed by atoms with Crippen molar-refractivity contribution in [2.24, 2.45) is 4.99 Å². The second kappa shape index (κ2) is 10.6. The van der Waals surface area contributed by atoms with Crippen LogP contribution in [0.2, 0.25) is 0 Å². The van der Waals surface area contributed by atoms with Crippen molar-refractivity contribution in [2.45, 2.75) is 11.3 Å². The summed E-state index contributed by atoms with van der Waals surface area (Å²) < 4.78 is 28.8. The average molecular weight is 427 g/mol. The first-order valence-electron chi connectivity index (χ1n) is 9.67. The number of hydrogen-bond acceptors (Lipinski definition) is 4. The molecule has 158 valence electrons. The second-order valence-electron chi connectivity index (χ2n) is 6.50. The van der Waals surface area contributed by atoms with Crippen LogP contribution in [0.3, 0.4) is 0 Å². The third kappa shape index (κ3) is 6.16. The summed E-state index contributed by atoms with van der Waals surface area (Å²) >= 11 is 0. The molecule has 0 aliphatic carbocycles. The third-order valence-electron chi connectivity index (χ3n) is 4.40. The van der Waals surface area contributed by atoms with E-state index < -0.39 is 10.0 Å². The minimum absolute atomic E-state index is 0.256. The molecule has 0 radical (unpaired) electrons. The summed E-state index contributed by atoms with van der Waals surface area (Å²) in [6.07, 6.45) is 4.50. The van der Waals surface area contributed by atoms with Crippen LogP contribution in [-0.2, 0) is 16.4 Å². The van der Waals surface area contributed by atoms with Crippen molar-refractivity contribution in [1.29, 1.82) is 0 Å². The van der Waals surface area contributed by atoms with Gasteiger partial charge in [-0.3, -0.25) is 4.99 Å². The van der Waals surface area contributed by atoms with Crippen molar-refractivity contribution in [3.8, 4) is 5.69 Å². The van der Waals surface area contributed by atoms with Gasteiger partial charge in [0.1, 0.15) is 0 Å². The summed E-state index contributed by atoms with van der Waals surface area (Å²) in [6.45, 7) is 1.38. The molecule has 0 amide bonds. The Morgan fingerprint density at radius 2 is 1.70 bits per heavy atom. The lowest BCUT2D eigenvalue weighted by atomic mass is 10.1. The molecule has 3 aromatic rings. The van der Waals surface area contributed by atoms with Gasteiger partial charge in [0.05, 0.1) is 10.6 Å². The Hall–Kier alpha value is -3.17. The van der Waals surface area contributed by atoms with E-state index in [1.165, 1.54) is 5.56 Å². The van der Waals surface area contributed by atoms with Crippen LogP contribution in [-0.4, -0.2) is 50.8 Å². The maximum Gasteiger partial charge on any atom is 0.240 e. The second-order valence-corrected chi connectivity index (χ2v) is 8.27. The molecule has 0 fully saturated rings. The standard InChI is InChI=1S/C21H26N6O2S/c1-22-21(24-15-16-26-30(28,29)20-6-3-2-4-7-20)23-14-12-18-8-10-19(11-9-18)27-17-5-13-25-27/h2-11,13,17,26H,12,14-16H2,1H3,(H2,22,23,24). The van der Waals surface area contributed by atoms with Crippen molar-refractivity contribution < 1.29 is 8.42 Å². The molecule has 0 bridgehead atoms. The van der Waals surface area contributed by atoms with Gasteiger partial charge in [-0.05, 0) is 42.3 Å². The Balaban J connectivity index is 1.38. The smallest absolute Gasteiger partial charge is 0.240 e. The quantitative estimate of drug-likeness (QED) is 0.274. The van der Waals surface area contributed by atoms with Crippen molar-refractivity contribution in [1.82, 2.24) is 25.1 Å². The maximum atomic E-state index is 12.2. The van der Waals surface area contributed by atoms with Gasteiger partial charge >= 0.3 is 0 Å². The van der Waals surface area contributed by atoms with Gasteiger partial charge < -0.3 is 10.6 Å². The van der Waals surface area contributed by atoms with E-state index in [0.29, 0.717) is 19.0 Å². The number of rotatable bonds is 9. The Morgan fingerprint density at radius 3 is 2.37 bits per heavy atom. The molecular weight excluding hydrogens is 400 g/mol. The summed E-state index contributed by atoms with van der Waals surface area (Å²) in [4.78, 5) is 4.42. The lowest BCUT2D eigenvalue weighted by Gasteiger charge is -2.13. The molecule has 8 nitrogen and oxygen atoms in total. The van der Waals surface area contributed by atoms with E-state index in [9.17, 15) is 8.42 Å². The molecule has 0 aliphatic heterocycles. The van der Waals surface area contributed by atoms with Crippen molar-refractivity contribution in [3.63, 3.8) is 0 Å². The Labute approximate surface area is 177 Å². The lowest BCUT2D eigenvalue weighted by molar-refractivity contribution is 0.580. The van der Waals surface area contributed by atoms with E-state index in [4.69, 9.17) is 0 Å². The zero-order chi connectivity index (χ0) is 21.2. The highest BCUT2D eigenvalue weighted by molar-refractivity contribution is 7.89. The Kier molecular flexibility index (Phi) is 7.58. The molecule has 3 N–H and O–H groups in total. The number of hydrogen-bond donors (Lipinski definition) is 3. The van der Waals surface area contributed by atoms with E-state index >= 15 is 0 Å². The average Bonchev–Trinajstić information content (AvgIpc) is 3.31. The van der Waals surface area contributed by atoms with E-state index in [1.807, 2.05) is 29.1 Å². The molecule has 0 aliphatic rings. The molecule has 1 aromatic heterocycles. The summed E-state index contributed by atoms with van der Waals surface area (Å²) in [5.41, 5.74) is 2.22. The summed E-state index contributed by atoms with van der Waals surface area (Å²) in [5, 5.41) is 10.6. The molecule has 30 heavy (non-hydrogen) atoms. The fraction of sp³-hybridized carbons (Fsp3) is 0.238. The Morgan fingerprint density at radius 1 is 0.967 bits per heavy atom. The number of guanidine groups is 1. The van der Waals surface area contributed by atoms with E-state index in [-0.39, 0.29) is 11.4 Å². The largest absolute Gasteiger partial charge is 0.356 e. The molecule has 3 rings (SSSR count). The van der Waals surface area contributed by atoms with Gasteiger partial charge in [-0.2, -0.15) is 5.10 Å². The first kappa shape index (κ1) is 21.5. The van der Waals surface area contributed by atoms with E-state index in [2.05, 4.69) is 37.6 Å². The van der Waals surface area contributed by atoms with Crippen molar-refractivity contribution >= 4 is 16.0 Å². The predicted molar refractivity (Wildman–Crippen MR) is 118 cm³/mol. The number of sulfonamides is 1. The first-order chi connectivity index (χ1) is 14.6. The zero-order valence-electron chi connectivity index (χ0n) is 16.8. The summed E-state index contributed by atoms with van der Waals surface area (Å²) in [5.74, 6) is 0.627. The maximum absolute atomic E-state index is 12.2. The van der Waals surface area contributed by atoms with Crippen LogP contribution in [0.1, 0.15) is 5.56 Å². The molecule has 1 heterocycles. The van der Waals surface area contributed by atoms with Crippen LogP contribution >= 0.6 is 0 Å². The number of aliphatic imine (C=N–C) groups is 1. The van der Waals surface area contributed by atoms with Crippen molar-refractivity contribution in [2.75, 3.05) is 26.7 Å². The number of nitrogens with one attached hydrogen (secondary N) is 3. The highest BCUT2D eigenvalue weighted by Gasteiger charge is 2.12. The SMILES string of the molecule is CN=C(NCCNS(=O)(=O)c1ccccc1)NCCc1ccc(-n2cccn2)cc1. The van der Waals surface area contributed by atoms with Crippen LogP contribution in [0.5, 0.6) is 0 Å². The molecular formula is C21H26N6O2S. The zero-order valence-corrected chi connectivity index (χ0v) is 17.6. The molecule has 0 saturated heterocycles. The van der Waals surface area contributed by atoms with Gasteiger partial charge in [-0.25, -0.2) is 17.8 Å². The van der Waals surface area contributed by atoms with Crippen LogP contribution in [0.15, 0.2) is 82.9 Å². The normalized spacial score (nSPS) is 12.0. The molecule has 9 heteroatoms. The van der Waals surface area contributed by atoms with Gasteiger partial charge in [0.25, 0.3) is 0 Å². The van der Waals surface area contributed by atoms with Crippen molar-refractivity contribution in [3.05, 3.63) is 78.6 Å². The lowest BCUT2D eigenvalue weighted by Crippen LogP contribution is -2.42. The predicted octanol–water partition coefficient (Wildman–Crippen LogP) is 1.56. The van der Waals surface area contributed by atoms with Gasteiger partial charge in [-0.1, -0.05) is 30.3 Å².